The van der Waals surface area contributed by atoms with Crippen LogP contribution < -0.4 is 10.5 Å². The normalized spacial score (nSPS) is 11.0. The van der Waals surface area contributed by atoms with Crippen LogP contribution in [0.25, 0.3) is 5.69 Å². The average molecular weight is 260 g/mol. The first-order valence-corrected chi connectivity index (χ1v) is 6.54. The minimum absolute atomic E-state index is 0.286. The lowest BCUT2D eigenvalue weighted by molar-refractivity contribution is 0.340. The van der Waals surface area contributed by atoms with Crippen molar-refractivity contribution in [3.05, 3.63) is 35.9 Å². The van der Waals surface area contributed by atoms with Gasteiger partial charge in [0.15, 0.2) is 5.82 Å². The molecule has 1 heterocycles. The van der Waals surface area contributed by atoms with Crippen molar-refractivity contribution in [2.75, 3.05) is 6.61 Å². The van der Waals surface area contributed by atoms with E-state index in [4.69, 9.17) is 10.5 Å². The number of hydrogen-bond acceptors (Lipinski definition) is 4. The second-order valence-corrected chi connectivity index (χ2v) is 4.58. The quantitative estimate of drug-likeness (QED) is 0.895. The fraction of sp³-hybridized carbons (Fsp3) is 0.429. The molecule has 2 N–H and O–H groups in total. The third kappa shape index (κ3) is 2.93. The Morgan fingerprint density at radius 2 is 1.95 bits per heavy atom. The maximum Gasteiger partial charge on any atom is 0.153 e. The van der Waals surface area contributed by atoms with Crippen LogP contribution in [-0.4, -0.2) is 21.4 Å². The molecule has 0 aliphatic carbocycles. The van der Waals surface area contributed by atoms with Gasteiger partial charge in [0, 0.05) is 5.92 Å². The van der Waals surface area contributed by atoms with Gasteiger partial charge in [-0.25, -0.2) is 9.67 Å². The zero-order valence-corrected chi connectivity index (χ0v) is 11.6. The number of hydrogen-bond donors (Lipinski definition) is 1. The molecule has 0 unspecified atom stereocenters. The highest BCUT2D eigenvalue weighted by molar-refractivity contribution is 5.37. The molecule has 2 aromatic rings. The second kappa shape index (κ2) is 5.84. The maximum atomic E-state index is 5.73. The standard InChI is InChI=1S/C14H20N4O/c1-4-19-12-7-5-11(6-8-12)18-13(9-15)16-14(17-18)10(2)3/h5-8,10H,4,9,15H2,1-3H3. The Labute approximate surface area is 113 Å². The molecule has 5 heteroatoms. The molecule has 2 rings (SSSR count). The van der Waals surface area contributed by atoms with Gasteiger partial charge in [0.25, 0.3) is 0 Å². The Bertz CT molecular complexity index is 531. The number of nitrogens with two attached hydrogens (primary N) is 1. The van der Waals surface area contributed by atoms with Crippen LogP contribution in [0.4, 0.5) is 0 Å². The molecule has 0 aliphatic rings. The number of ether oxygens (including phenoxy) is 1. The molecular weight excluding hydrogens is 240 g/mol. The fourth-order valence-electron chi connectivity index (χ4n) is 1.80. The lowest BCUT2D eigenvalue weighted by atomic mass is 10.2. The van der Waals surface area contributed by atoms with Gasteiger partial charge in [-0.1, -0.05) is 13.8 Å². The molecule has 0 aliphatic heterocycles. The van der Waals surface area contributed by atoms with Crippen LogP contribution in [0.15, 0.2) is 24.3 Å². The van der Waals surface area contributed by atoms with E-state index >= 15 is 0 Å². The van der Waals surface area contributed by atoms with E-state index in [1.54, 1.807) is 4.68 Å². The van der Waals surface area contributed by atoms with Crippen molar-refractivity contribution in [3.8, 4) is 11.4 Å². The zero-order chi connectivity index (χ0) is 13.8. The van der Waals surface area contributed by atoms with Crippen molar-refractivity contribution >= 4 is 0 Å². The summed E-state index contributed by atoms with van der Waals surface area (Å²) in [6.45, 7) is 7.13. The van der Waals surface area contributed by atoms with E-state index in [0.717, 1.165) is 23.1 Å². The summed E-state index contributed by atoms with van der Waals surface area (Å²) in [5.74, 6) is 2.72. The van der Waals surface area contributed by atoms with E-state index in [9.17, 15) is 0 Å². The minimum Gasteiger partial charge on any atom is -0.494 e. The third-order valence-corrected chi connectivity index (χ3v) is 2.78. The third-order valence-electron chi connectivity index (χ3n) is 2.78. The molecule has 0 bridgehead atoms. The van der Waals surface area contributed by atoms with Gasteiger partial charge < -0.3 is 10.5 Å². The van der Waals surface area contributed by atoms with Crippen molar-refractivity contribution in [1.29, 1.82) is 0 Å². The van der Waals surface area contributed by atoms with E-state index in [1.165, 1.54) is 0 Å². The van der Waals surface area contributed by atoms with E-state index in [2.05, 4.69) is 23.9 Å². The Hall–Kier alpha value is -1.88. The molecule has 0 spiro atoms. The van der Waals surface area contributed by atoms with Gasteiger partial charge in [-0.3, -0.25) is 0 Å². The van der Waals surface area contributed by atoms with Crippen molar-refractivity contribution in [3.63, 3.8) is 0 Å². The lowest BCUT2D eigenvalue weighted by Crippen LogP contribution is -2.07. The molecule has 5 nitrogen and oxygen atoms in total. The number of nitrogens with zero attached hydrogens (tertiary/aromatic N) is 3. The Balaban J connectivity index is 2.34. The van der Waals surface area contributed by atoms with Crippen LogP contribution in [0, 0.1) is 0 Å². The van der Waals surface area contributed by atoms with Crippen LogP contribution in [0.2, 0.25) is 0 Å². The number of rotatable bonds is 5. The van der Waals surface area contributed by atoms with E-state index in [0.29, 0.717) is 13.2 Å². The number of aromatic nitrogens is 3. The molecule has 0 amide bonds. The second-order valence-electron chi connectivity index (χ2n) is 4.58. The van der Waals surface area contributed by atoms with Gasteiger partial charge in [0.2, 0.25) is 0 Å². The molecule has 102 valence electrons. The van der Waals surface area contributed by atoms with Crippen LogP contribution >= 0.6 is 0 Å². The summed E-state index contributed by atoms with van der Waals surface area (Å²) < 4.78 is 7.22. The summed E-state index contributed by atoms with van der Waals surface area (Å²) in [5, 5.41) is 4.51. The molecule has 0 fully saturated rings. The summed E-state index contributed by atoms with van der Waals surface area (Å²) >= 11 is 0. The predicted octanol–water partition coefficient (Wildman–Crippen LogP) is 2.25. The van der Waals surface area contributed by atoms with Gasteiger partial charge in [-0.15, -0.1) is 0 Å². The number of benzene rings is 1. The van der Waals surface area contributed by atoms with Crippen molar-refractivity contribution in [2.45, 2.75) is 33.2 Å². The molecule has 0 saturated carbocycles. The van der Waals surface area contributed by atoms with E-state index in [-0.39, 0.29) is 5.92 Å². The molecule has 0 atom stereocenters. The monoisotopic (exact) mass is 260 g/mol. The first-order valence-electron chi connectivity index (χ1n) is 6.54. The maximum absolute atomic E-state index is 5.73. The van der Waals surface area contributed by atoms with Crippen molar-refractivity contribution < 1.29 is 4.74 Å². The topological polar surface area (TPSA) is 66.0 Å². The minimum atomic E-state index is 0.286. The molecule has 19 heavy (non-hydrogen) atoms. The molecule has 1 aromatic heterocycles. The molecule has 0 saturated heterocycles. The van der Waals surface area contributed by atoms with Crippen molar-refractivity contribution in [2.24, 2.45) is 5.73 Å². The van der Waals surface area contributed by atoms with Crippen LogP contribution in [0.5, 0.6) is 5.75 Å². The summed E-state index contributed by atoms with van der Waals surface area (Å²) in [6.07, 6.45) is 0. The summed E-state index contributed by atoms with van der Waals surface area (Å²) in [6, 6.07) is 7.78. The largest absolute Gasteiger partial charge is 0.494 e. The highest BCUT2D eigenvalue weighted by Crippen LogP contribution is 2.18. The van der Waals surface area contributed by atoms with Gasteiger partial charge >= 0.3 is 0 Å². The van der Waals surface area contributed by atoms with Gasteiger partial charge in [-0.2, -0.15) is 5.10 Å². The summed E-state index contributed by atoms with van der Waals surface area (Å²) in [5.41, 5.74) is 6.68. The Kier molecular flexibility index (Phi) is 4.16. The zero-order valence-electron chi connectivity index (χ0n) is 11.6. The van der Waals surface area contributed by atoms with Gasteiger partial charge in [0.1, 0.15) is 11.6 Å². The summed E-state index contributed by atoms with van der Waals surface area (Å²) in [4.78, 5) is 4.46. The molecular formula is C14H20N4O. The average Bonchev–Trinajstić information content (AvgIpc) is 2.84. The molecule has 0 radical (unpaired) electrons. The Morgan fingerprint density at radius 1 is 1.26 bits per heavy atom. The lowest BCUT2D eigenvalue weighted by Gasteiger charge is -2.06. The first kappa shape index (κ1) is 13.5. The van der Waals surface area contributed by atoms with Crippen LogP contribution in [-0.2, 0) is 6.54 Å². The highest BCUT2D eigenvalue weighted by Gasteiger charge is 2.12. The van der Waals surface area contributed by atoms with Crippen LogP contribution in [0.1, 0.15) is 38.3 Å². The molecule has 1 aromatic carbocycles. The van der Waals surface area contributed by atoms with Crippen molar-refractivity contribution in [1.82, 2.24) is 14.8 Å². The summed E-state index contributed by atoms with van der Waals surface area (Å²) in [7, 11) is 0. The van der Waals surface area contributed by atoms with E-state index < -0.39 is 0 Å². The van der Waals surface area contributed by atoms with Gasteiger partial charge in [0.05, 0.1) is 18.8 Å². The Morgan fingerprint density at radius 3 is 2.47 bits per heavy atom. The van der Waals surface area contributed by atoms with Crippen LogP contribution in [0.3, 0.4) is 0 Å². The predicted molar refractivity (Wildman–Crippen MR) is 74.5 cm³/mol. The smallest absolute Gasteiger partial charge is 0.153 e. The first-order chi connectivity index (χ1) is 9.15. The highest BCUT2D eigenvalue weighted by atomic mass is 16.5. The fourth-order valence-corrected chi connectivity index (χ4v) is 1.80. The SMILES string of the molecule is CCOc1ccc(-n2nc(C(C)C)nc2CN)cc1. The van der Waals surface area contributed by atoms with Gasteiger partial charge in [-0.05, 0) is 31.2 Å². The van der Waals surface area contributed by atoms with E-state index in [1.807, 2.05) is 31.2 Å².